The number of hydrogen-bond acceptors (Lipinski definition) is 3. The minimum Gasteiger partial charge on any atom is -0.354 e. The molecule has 1 N–H and O–H groups in total. The summed E-state index contributed by atoms with van der Waals surface area (Å²) < 4.78 is 0. The summed E-state index contributed by atoms with van der Waals surface area (Å²) in [6.45, 7) is 8.65. The van der Waals surface area contributed by atoms with Gasteiger partial charge in [0.25, 0.3) is 0 Å². The molecule has 2 aliphatic rings. The van der Waals surface area contributed by atoms with Crippen molar-refractivity contribution in [2.24, 2.45) is 0 Å². The van der Waals surface area contributed by atoms with Crippen LogP contribution in [0.1, 0.15) is 35.6 Å². The summed E-state index contributed by atoms with van der Waals surface area (Å²) in [6, 6.07) is 2.37. The van der Waals surface area contributed by atoms with Crippen LogP contribution in [0.2, 0.25) is 0 Å². The van der Waals surface area contributed by atoms with E-state index in [0.29, 0.717) is 0 Å². The third kappa shape index (κ3) is 2.16. The third-order valence-corrected chi connectivity index (χ3v) is 3.91. The first-order valence-electron chi connectivity index (χ1n) is 6.69. The summed E-state index contributed by atoms with van der Waals surface area (Å²) in [5.74, 6) is 2.05. The van der Waals surface area contributed by atoms with E-state index in [1.54, 1.807) is 0 Å². The van der Waals surface area contributed by atoms with Crippen LogP contribution in [0.15, 0.2) is 6.07 Å². The number of anilines is 1. The van der Waals surface area contributed by atoms with E-state index in [9.17, 15) is 0 Å². The van der Waals surface area contributed by atoms with E-state index in [1.165, 1.54) is 35.5 Å². The molecule has 92 valence electrons. The average molecular weight is 231 g/mol. The number of rotatable bonds is 2. The molecule has 0 radical (unpaired) electrons. The molecular weight excluding hydrogens is 210 g/mol. The zero-order chi connectivity index (χ0) is 11.8. The van der Waals surface area contributed by atoms with Crippen molar-refractivity contribution in [2.45, 2.75) is 32.6 Å². The molecule has 1 aromatic rings. The second kappa shape index (κ2) is 4.30. The Morgan fingerprint density at radius 2 is 1.94 bits per heavy atom. The fourth-order valence-electron chi connectivity index (χ4n) is 2.54. The van der Waals surface area contributed by atoms with E-state index in [0.717, 1.165) is 32.1 Å². The first kappa shape index (κ1) is 11.0. The van der Waals surface area contributed by atoms with Crippen molar-refractivity contribution < 1.29 is 0 Å². The van der Waals surface area contributed by atoms with Gasteiger partial charge in [0.2, 0.25) is 0 Å². The molecule has 1 aromatic heterocycles. The van der Waals surface area contributed by atoms with Crippen LogP contribution < -0.4 is 10.2 Å². The number of hydrogen-bond donors (Lipinski definition) is 1. The van der Waals surface area contributed by atoms with Crippen LogP contribution in [0.5, 0.6) is 0 Å². The monoisotopic (exact) mass is 231 g/mol. The molecule has 3 nitrogen and oxygen atoms in total. The average Bonchev–Trinajstić information content (AvgIpc) is 3.17. The fraction of sp³-hybridized carbons (Fsp3) is 0.643. The van der Waals surface area contributed by atoms with Gasteiger partial charge >= 0.3 is 0 Å². The van der Waals surface area contributed by atoms with Crippen molar-refractivity contribution in [1.29, 1.82) is 0 Å². The maximum Gasteiger partial charge on any atom is 0.132 e. The molecule has 0 atom stereocenters. The second-order valence-corrected chi connectivity index (χ2v) is 5.31. The predicted octanol–water partition coefficient (Wildman–Crippen LogP) is 1.99. The Kier molecular flexibility index (Phi) is 2.79. The summed E-state index contributed by atoms with van der Waals surface area (Å²) in [5, 5.41) is 3.41. The Bertz CT molecular complexity index is 418. The normalized spacial score (nSPS) is 20.7. The summed E-state index contributed by atoms with van der Waals surface area (Å²) in [6.07, 6.45) is 2.70. The Morgan fingerprint density at radius 1 is 1.24 bits per heavy atom. The van der Waals surface area contributed by atoms with E-state index < -0.39 is 0 Å². The van der Waals surface area contributed by atoms with Crippen LogP contribution in [0, 0.1) is 13.8 Å². The highest BCUT2D eigenvalue weighted by Gasteiger charge is 2.29. The van der Waals surface area contributed by atoms with E-state index in [-0.39, 0.29) is 0 Å². The molecule has 0 spiro atoms. The van der Waals surface area contributed by atoms with Crippen LogP contribution in [0.3, 0.4) is 0 Å². The van der Waals surface area contributed by atoms with Crippen molar-refractivity contribution in [1.82, 2.24) is 10.3 Å². The van der Waals surface area contributed by atoms with Crippen molar-refractivity contribution in [3.8, 4) is 0 Å². The van der Waals surface area contributed by atoms with Crippen molar-refractivity contribution in [3.63, 3.8) is 0 Å². The zero-order valence-electron chi connectivity index (χ0n) is 10.8. The minimum absolute atomic E-state index is 0.784. The molecule has 1 saturated carbocycles. The number of piperazine rings is 1. The number of nitrogens with zero attached hydrogens (tertiary/aromatic N) is 2. The highest BCUT2D eigenvalue weighted by molar-refractivity contribution is 5.53. The Labute approximate surface area is 103 Å². The second-order valence-electron chi connectivity index (χ2n) is 5.31. The van der Waals surface area contributed by atoms with Crippen LogP contribution in [-0.2, 0) is 0 Å². The van der Waals surface area contributed by atoms with Gasteiger partial charge < -0.3 is 10.2 Å². The van der Waals surface area contributed by atoms with Gasteiger partial charge in [0.05, 0.1) is 0 Å². The molecule has 0 unspecified atom stereocenters. The van der Waals surface area contributed by atoms with E-state index in [2.05, 4.69) is 30.1 Å². The minimum atomic E-state index is 0.784. The molecule has 0 aromatic carbocycles. The Balaban J connectivity index is 1.97. The Hall–Kier alpha value is -1.09. The number of pyridine rings is 1. The number of aromatic nitrogens is 1. The summed E-state index contributed by atoms with van der Waals surface area (Å²) in [7, 11) is 0. The lowest BCUT2D eigenvalue weighted by Crippen LogP contribution is -2.44. The van der Waals surface area contributed by atoms with Crippen molar-refractivity contribution in [3.05, 3.63) is 22.9 Å². The van der Waals surface area contributed by atoms with Gasteiger partial charge in [-0.25, -0.2) is 4.98 Å². The third-order valence-electron chi connectivity index (χ3n) is 3.91. The quantitative estimate of drug-likeness (QED) is 0.843. The van der Waals surface area contributed by atoms with Gasteiger partial charge in [-0.2, -0.15) is 0 Å². The first-order chi connectivity index (χ1) is 8.25. The largest absolute Gasteiger partial charge is 0.354 e. The number of nitrogens with one attached hydrogen (secondary N) is 1. The van der Waals surface area contributed by atoms with Crippen LogP contribution in [-0.4, -0.2) is 31.2 Å². The van der Waals surface area contributed by atoms with Gasteiger partial charge in [-0.1, -0.05) is 6.07 Å². The van der Waals surface area contributed by atoms with Gasteiger partial charge in [0.15, 0.2) is 0 Å². The van der Waals surface area contributed by atoms with E-state index >= 15 is 0 Å². The van der Waals surface area contributed by atoms with Gasteiger partial charge in [-0.15, -0.1) is 0 Å². The summed E-state index contributed by atoms with van der Waals surface area (Å²) >= 11 is 0. The van der Waals surface area contributed by atoms with Gasteiger partial charge in [0, 0.05) is 31.9 Å². The highest BCUT2D eigenvalue weighted by atomic mass is 15.2. The van der Waals surface area contributed by atoms with Gasteiger partial charge in [0.1, 0.15) is 5.82 Å². The number of aryl methyl sites for hydroxylation is 2. The van der Waals surface area contributed by atoms with Gasteiger partial charge in [-0.05, 0) is 43.7 Å². The van der Waals surface area contributed by atoms with E-state index in [1.807, 2.05) is 0 Å². The van der Waals surface area contributed by atoms with Crippen LogP contribution in [0.25, 0.3) is 0 Å². The molecule has 1 aliphatic heterocycles. The summed E-state index contributed by atoms with van der Waals surface area (Å²) in [5.41, 5.74) is 4.02. The van der Waals surface area contributed by atoms with Gasteiger partial charge in [-0.3, -0.25) is 0 Å². The van der Waals surface area contributed by atoms with Crippen molar-refractivity contribution >= 4 is 5.82 Å². The van der Waals surface area contributed by atoms with E-state index in [4.69, 9.17) is 4.98 Å². The zero-order valence-corrected chi connectivity index (χ0v) is 10.8. The maximum absolute atomic E-state index is 4.86. The topological polar surface area (TPSA) is 28.2 Å². The predicted molar refractivity (Wildman–Crippen MR) is 70.8 cm³/mol. The smallest absolute Gasteiger partial charge is 0.132 e. The van der Waals surface area contributed by atoms with Crippen LogP contribution in [0.4, 0.5) is 5.82 Å². The molecule has 0 amide bonds. The molecule has 2 heterocycles. The lowest BCUT2D eigenvalue weighted by molar-refractivity contribution is 0.582. The standard InChI is InChI=1S/C14H21N3/c1-10-9-13(12-3-4-12)14(16-11(10)2)17-7-5-15-6-8-17/h9,12,15H,3-8H2,1-2H3. The SMILES string of the molecule is Cc1cc(C2CC2)c(N2CCNCC2)nc1C. The highest BCUT2D eigenvalue weighted by Crippen LogP contribution is 2.44. The van der Waals surface area contributed by atoms with Crippen LogP contribution >= 0.6 is 0 Å². The molecule has 17 heavy (non-hydrogen) atoms. The molecular formula is C14H21N3. The maximum atomic E-state index is 4.86. The molecule has 3 heteroatoms. The molecule has 0 bridgehead atoms. The lowest BCUT2D eigenvalue weighted by Gasteiger charge is -2.30. The molecule has 1 aliphatic carbocycles. The molecule has 3 rings (SSSR count). The molecule has 2 fully saturated rings. The Morgan fingerprint density at radius 3 is 2.59 bits per heavy atom. The first-order valence-corrected chi connectivity index (χ1v) is 6.69. The van der Waals surface area contributed by atoms with Crippen molar-refractivity contribution in [2.75, 3.05) is 31.1 Å². The summed E-state index contributed by atoms with van der Waals surface area (Å²) in [4.78, 5) is 7.31. The lowest BCUT2D eigenvalue weighted by atomic mass is 10.1. The fourth-order valence-corrected chi connectivity index (χ4v) is 2.54. The molecule has 1 saturated heterocycles.